The summed E-state index contributed by atoms with van der Waals surface area (Å²) in [4.78, 5) is 15.8. The maximum atomic E-state index is 13.3. The molecule has 0 unspecified atom stereocenters. The van der Waals surface area contributed by atoms with E-state index < -0.39 is 0 Å². The highest BCUT2D eigenvalue weighted by molar-refractivity contribution is 7.98. The molecule has 2 aromatic carbocycles. The van der Waals surface area contributed by atoms with Crippen LogP contribution in [-0.4, -0.2) is 56.3 Å². The summed E-state index contributed by atoms with van der Waals surface area (Å²) >= 11 is 7.87. The molecule has 4 bridgehead atoms. The van der Waals surface area contributed by atoms with Crippen molar-refractivity contribution in [3.8, 4) is 5.75 Å². The van der Waals surface area contributed by atoms with Gasteiger partial charge in [0.2, 0.25) is 0 Å². The van der Waals surface area contributed by atoms with Gasteiger partial charge in [-0.15, -0.1) is 0 Å². The highest BCUT2D eigenvalue weighted by Crippen LogP contribution is 2.47. The fraction of sp³-hybridized carbons (Fsp3) is 0.594. The molecule has 40 heavy (non-hydrogen) atoms. The van der Waals surface area contributed by atoms with Crippen LogP contribution >= 0.6 is 23.5 Å². The molecule has 2 aliphatic carbocycles. The molecule has 1 saturated carbocycles. The minimum absolute atomic E-state index is 0.0732. The number of hydrogen-bond donors (Lipinski definition) is 1. The maximum Gasteiger partial charge on any atom is 0.261 e. The minimum atomic E-state index is -0.120. The standard InChI is InChI=1S/C32H39ClN2O4S/c1-20-17-38-25-10-12-37-30(15-25)26-7-4-23(26)16-35-18-32(11-2-3-21-13-24(33)6-8-27(21)32)19-39-29-9-5-22(14-28(29)35)31(36)34-40-20/h5-6,8-9,13-14,20,23,25-26,30H,2-4,7,10-12,15-19H2,1H3,(H,34,36)/t20-,23+,25-,26-,30+,32+/m1/s1. The van der Waals surface area contributed by atoms with Gasteiger partial charge in [0.25, 0.3) is 5.91 Å². The van der Waals surface area contributed by atoms with Crippen LogP contribution in [0.2, 0.25) is 5.02 Å². The van der Waals surface area contributed by atoms with Crippen LogP contribution in [0.3, 0.4) is 0 Å². The minimum Gasteiger partial charge on any atom is -0.490 e. The Morgan fingerprint density at radius 3 is 2.92 bits per heavy atom. The molecule has 0 aromatic heterocycles. The predicted octanol–water partition coefficient (Wildman–Crippen LogP) is 6.18. The number of aryl methyl sites for hydroxylation is 1. The van der Waals surface area contributed by atoms with Crippen molar-refractivity contribution in [2.24, 2.45) is 11.8 Å². The summed E-state index contributed by atoms with van der Waals surface area (Å²) in [6.07, 6.45) is 8.06. The van der Waals surface area contributed by atoms with Crippen LogP contribution in [0.4, 0.5) is 5.69 Å². The van der Waals surface area contributed by atoms with Crippen LogP contribution in [0.5, 0.6) is 5.75 Å². The average Bonchev–Trinajstić information content (AvgIpc) is 3.09. The van der Waals surface area contributed by atoms with E-state index in [2.05, 4.69) is 28.7 Å². The summed E-state index contributed by atoms with van der Waals surface area (Å²) < 4.78 is 22.4. The second kappa shape index (κ2) is 11.0. The van der Waals surface area contributed by atoms with Crippen molar-refractivity contribution in [3.63, 3.8) is 0 Å². The Balaban J connectivity index is 1.26. The Kier molecular flexibility index (Phi) is 7.44. The molecule has 3 heterocycles. The Hall–Kier alpha value is -1.93. The van der Waals surface area contributed by atoms with Gasteiger partial charge in [-0.25, -0.2) is 0 Å². The van der Waals surface area contributed by atoms with Gasteiger partial charge >= 0.3 is 0 Å². The molecule has 7 rings (SSSR count). The molecule has 1 N–H and O–H groups in total. The lowest BCUT2D eigenvalue weighted by Gasteiger charge is -2.48. The van der Waals surface area contributed by atoms with Crippen LogP contribution in [-0.2, 0) is 21.3 Å². The number of amides is 1. The Morgan fingerprint density at radius 2 is 2.05 bits per heavy atom. The third-order valence-corrected chi connectivity index (χ3v) is 11.0. The number of nitrogens with one attached hydrogen (secondary N) is 1. The zero-order valence-electron chi connectivity index (χ0n) is 23.2. The zero-order valence-corrected chi connectivity index (χ0v) is 24.8. The fourth-order valence-corrected chi connectivity index (χ4v) is 8.38. The first-order valence-electron chi connectivity index (χ1n) is 15.0. The van der Waals surface area contributed by atoms with E-state index in [9.17, 15) is 4.79 Å². The molecule has 8 heteroatoms. The van der Waals surface area contributed by atoms with Crippen LogP contribution in [0.25, 0.3) is 0 Å². The Bertz CT molecular complexity index is 1280. The van der Waals surface area contributed by atoms with E-state index >= 15 is 0 Å². The van der Waals surface area contributed by atoms with E-state index in [4.69, 9.17) is 25.8 Å². The van der Waals surface area contributed by atoms with Crippen molar-refractivity contribution in [2.75, 3.05) is 37.8 Å². The quantitative estimate of drug-likeness (QED) is 0.374. The Morgan fingerprint density at radius 1 is 1.12 bits per heavy atom. The third-order valence-electron chi connectivity index (χ3n) is 9.89. The first-order valence-corrected chi connectivity index (χ1v) is 16.2. The van der Waals surface area contributed by atoms with Gasteiger partial charge < -0.3 is 19.1 Å². The average molecular weight is 583 g/mol. The summed E-state index contributed by atoms with van der Waals surface area (Å²) in [6, 6.07) is 12.3. The van der Waals surface area contributed by atoms with Crippen molar-refractivity contribution in [1.82, 2.24) is 4.72 Å². The maximum absolute atomic E-state index is 13.3. The summed E-state index contributed by atoms with van der Waals surface area (Å²) in [5, 5.41) is 0.962. The van der Waals surface area contributed by atoms with Gasteiger partial charge in [-0.1, -0.05) is 17.7 Å². The first-order chi connectivity index (χ1) is 19.5. The number of carbonyl (C=O) groups is 1. The fourth-order valence-electron chi connectivity index (χ4n) is 7.61. The van der Waals surface area contributed by atoms with E-state index in [1.165, 1.54) is 35.9 Å². The number of rotatable bonds is 0. The lowest BCUT2D eigenvalue weighted by Crippen LogP contribution is -2.51. The molecule has 1 amide bonds. The number of carbonyl (C=O) groups excluding carboxylic acids is 1. The van der Waals surface area contributed by atoms with Crippen LogP contribution < -0.4 is 14.4 Å². The lowest BCUT2D eigenvalue weighted by atomic mass is 9.67. The summed E-state index contributed by atoms with van der Waals surface area (Å²) in [5.41, 5.74) is 4.29. The second-order valence-corrected chi connectivity index (χ2v) is 14.2. The zero-order chi connectivity index (χ0) is 27.3. The molecule has 2 aromatic rings. The van der Waals surface area contributed by atoms with E-state index in [1.807, 2.05) is 24.3 Å². The first kappa shape index (κ1) is 26.9. The molecule has 214 valence electrons. The number of benzene rings is 2. The Labute approximate surface area is 246 Å². The van der Waals surface area contributed by atoms with Gasteiger partial charge in [-0.2, -0.15) is 0 Å². The van der Waals surface area contributed by atoms with E-state index in [0.717, 1.165) is 68.3 Å². The predicted molar refractivity (Wildman–Crippen MR) is 160 cm³/mol. The monoisotopic (exact) mass is 582 g/mol. The van der Waals surface area contributed by atoms with E-state index in [-0.39, 0.29) is 28.8 Å². The van der Waals surface area contributed by atoms with Gasteiger partial charge in [-0.05, 0) is 111 Å². The van der Waals surface area contributed by atoms with Crippen LogP contribution in [0, 0.1) is 11.8 Å². The summed E-state index contributed by atoms with van der Waals surface area (Å²) in [5.74, 6) is 1.88. The van der Waals surface area contributed by atoms with Crippen LogP contribution in [0.1, 0.15) is 66.9 Å². The molecule has 1 saturated heterocycles. The molecule has 6 atom stereocenters. The van der Waals surface area contributed by atoms with Crippen molar-refractivity contribution in [1.29, 1.82) is 0 Å². The molecule has 3 aliphatic heterocycles. The molecule has 1 spiro atoms. The number of anilines is 1. The van der Waals surface area contributed by atoms with Gasteiger partial charge in [0, 0.05) is 47.4 Å². The number of fused-ring (bicyclic) bond motifs is 7. The van der Waals surface area contributed by atoms with E-state index in [1.54, 1.807) is 0 Å². The smallest absolute Gasteiger partial charge is 0.261 e. The van der Waals surface area contributed by atoms with Crippen molar-refractivity contribution < 1.29 is 19.0 Å². The van der Waals surface area contributed by atoms with Crippen molar-refractivity contribution in [2.45, 2.75) is 74.7 Å². The molecule has 2 fully saturated rings. The number of ether oxygens (including phenoxy) is 3. The largest absolute Gasteiger partial charge is 0.490 e. The number of halogens is 1. The summed E-state index contributed by atoms with van der Waals surface area (Å²) in [6.45, 7) is 5.93. The molecular weight excluding hydrogens is 544 g/mol. The normalized spacial score (nSPS) is 34.0. The highest BCUT2D eigenvalue weighted by Gasteiger charge is 2.45. The third kappa shape index (κ3) is 5.12. The SMILES string of the molecule is C[C@@H]1CO[C@@H]2CCO[C@@H](C2)[C@@H]2CC[C@H]2CN2C[C@@]3(CCCc4cc(Cl)ccc43)COc3ccc(cc32)C(=O)NS1. The molecule has 0 radical (unpaired) electrons. The van der Waals surface area contributed by atoms with Crippen molar-refractivity contribution in [3.05, 3.63) is 58.1 Å². The topological polar surface area (TPSA) is 60.0 Å². The van der Waals surface area contributed by atoms with Gasteiger partial charge in [0.05, 0.1) is 31.1 Å². The summed E-state index contributed by atoms with van der Waals surface area (Å²) in [7, 11) is 0. The molecular formula is C32H39ClN2O4S. The van der Waals surface area contributed by atoms with Gasteiger partial charge in [-0.3, -0.25) is 9.52 Å². The lowest BCUT2D eigenvalue weighted by molar-refractivity contribution is -0.116. The van der Waals surface area contributed by atoms with Crippen LogP contribution in [0.15, 0.2) is 36.4 Å². The number of hydrogen-bond acceptors (Lipinski definition) is 6. The number of nitrogens with zero attached hydrogens (tertiary/aromatic N) is 1. The van der Waals surface area contributed by atoms with Gasteiger partial charge in [0.15, 0.2) is 0 Å². The molecule has 5 aliphatic rings. The second-order valence-electron chi connectivity index (χ2n) is 12.5. The highest BCUT2D eigenvalue weighted by atomic mass is 35.5. The van der Waals surface area contributed by atoms with Crippen molar-refractivity contribution >= 4 is 35.1 Å². The van der Waals surface area contributed by atoms with Gasteiger partial charge in [0.1, 0.15) is 5.75 Å². The van der Waals surface area contributed by atoms with E-state index in [0.29, 0.717) is 30.6 Å². The molecule has 6 nitrogen and oxygen atoms in total.